The fraction of sp³-hybridized carbons (Fsp3) is 0.500. The van der Waals surface area contributed by atoms with E-state index in [-0.39, 0.29) is 17.4 Å². The van der Waals surface area contributed by atoms with Crippen molar-refractivity contribution in [3.05, 3.63) is 20.8 Å². The van der Waals surface area contributed by atoms with Gasteiger partial charge in [-0.25, -0.2) is 0 Å². The minimum atomic E-state index is -0.558. The highest BCUT2D eigenvalue weighted by Gasteiger charge is 2.21. The average molecular weight is 333 g/mol. The van der Waals surface area contributed by atoms with Crippen molar-refractivity contribution < 1.29 is 9.59 Å². The zero-order valence-electron chi connectivity index (χ0n) is 10.8. The first-order chi connectivity index (χ1) is 8.19. The van der Waals surface area contributed by atoms with Gasteiger partial charge in [-0.1, -0.05) is 0 Å². The summed E-state index contributed by atoms with van der Waals surface area (Å²) in [4.78, 5) is 24.2. The molecular weight excluding hydrogens is 316 g/mol. The van der Waals surface area contributed by atoms with E-state index in [9.17, 15) is 9.59 Å². The highest BCUT2D eigenvalue weighted by Crippen LogP contribution is 2.21. The molecule has 0 fully saturated rings. The summed E-state index contributed by atoms with van der Waals surface area (Å²) < 4.78 is 0.888. The summed E-state index contributed by atoms with van der Waals surface area (Å²) in [5.74, 6) is -0.422. The maximum atomic E-state index is 11.8. The van der Waals surface area contributed by atoms with E-state index >= 15 is 0 Å². The van der Waals surface area contributed by atoms with Crippen molar-refractivity contribution in [2.75, 3.05) is 0 Å². The van der Waals surface area contributed by atoms with Gasteiger partial charge >= 0.3 is 0 Å². The second kappa shape index (κ2) is 5.84. The lowest BCUT2D eigenvalue weighted by molar-refractivity contribution is -0.124. The van der Waals surface area contributed by atoms with E-state index in [0.717, 1.165) is 3.79 Å². The smallest absolute Gasteiger partial charge is 0.262 e. The zero-order valence-corrected chi connectivity index (χ0v) is 13.2. The highest BCUT2D eigenvalue weighted by atomic mass is 79.9. The number of halogens is 1. The molecular formula is C12H17BrN2O2S. The Morgan fingerprint density at radius 2 is 1.94 bits per heavy atom. The third-order valence-electron chi connectivity index (χ3n) is 2.04. The van der Waals surface area contributed by atoms with E-state index in [4.69, 9.17) is 0 Å². The molecule has 0 saturated heterocycles. The van der Waals surface area contributed by atoms with Gasteiger partial charge in [0.2, 0.25) is 5.91 Å². The molecule has 0 aliphatic rings. The van der Waals surface area contributed by atoms with Crippen LogP contribution in [0.25, 0.3) is 0 Å². The molecule has 6 heteroatoms. The van der Waals surface area contributed by atoms with Crippen molar-refractivity contribution in [3.63, 3.8) is 0 Å². The molecule has 0 aromatic carbocycles. The maximum Gasteiger partial charge on any atom is 0.262 e. The molecule has 1 aromatic heterocycles. The molecule has 18 heavy (non-hydrogen) atoms. The molecule has 100 valence electrons. The Bertz CT molecular complexity index is 451. The minimum absolute atomic E-state index is 0.188. The molecule has 2 N–H and O–H groups in total. The van der Waals surface area contributed by atoms with Crippen LogP contribution in [0.2, 0.25) is 0 Å². The van der Waals surface area contributed by atoms with Crippen LogP contribution in [-0.2, 0) is 4.79 Å². The number of hydrogen-bond acceptors (Lipinski definition) is 3. The minimum Gasteiger partial charge on any atom is -0.350 e. The molecule has 0 bridgehead atoms. The van der Waals surface area contributed by atoms with Crippen LogP contribution in [0.3, 0.4) is 0 Å². The molecule has 0 radical (unpaired) electrons. The summed E-state index contributed by atoms with van der Waals surface area (Å²) >= 11 is 4.63. The summed E-state index contributed by atoms with van der Waals surface area (Å²) in [7, 11) is 0. The molecule has 1 atom stereocenters. The normalized spacial score (nSPS) is 12.9. The predicted molar refractivity (Wildman–Crippen MR) is 76.8 cm³/mol. The fourth-order valence-corrected chi connectivity index (χ4v) is 2.54. The largest absolute Gasteiger partial charge is 0.350 e. The average Bonchev–Trinajstić information content (AvgIpc) is 2.62. The van der Waals surface area contributed by atoms with Gasteiger partial charge in [-0.3, -0.25) is 9.59 Å². The van der Waals surface area contributed by atoms with Gasteiger partial charge in [0, 0.05) is 5.54 Å². The molecule has 1 heterocycles. The molecule has 0 saturated carbocycles. The molecule has 1 aromatic rings. The van der Waals surface area contributed by atoms with Crippen LogP contribution in [-0.4, -0.2) is 23.4 Å². The van der Waals surface area contributed by atoms with Crippen molar-refractivity contribution in [2.24, 2.45) is 0 Å². The van der Waals surface area contributed by atoms with Gasteiger partial charge in [0.05, 0.1) is 8.66 Å². The van der Waals surface area contributed by atoms with Crippen molar-refractivity contribution in [3.8, 4) is 0 Å². The number of thiophene rings is 1. The number of carbonyl (C=O) groups is 2. The molecule has 0 aliphatic carbocycles. The standard InChI is InChI=1S/C12H17BrN2O2S/c1-7(10(16)15-12(2,3)4)14-11(17)8-5-6-9(13)18-8/h5-7H,1-4H3,(H,14,17)(H,15,16)/t7-/m0/s1. The maximum absolute atomic E-state index is 11.8. The summed E-state index contributed by atoms with van der Waals surface area (Å²) in [5, 5.41) is 5.49. The van der Waals surface area contributed by atoms with E-state index in [1.165, 1.54) is 11.3 Å². The Labute approximate surface area is 119 Å². The van der Waals surface area contributed by atoms with E-state index in [1.54, 1.807) is 19.1 Å². The van der Waals surface area contributed by atoms with Crippen LogP contribution in [0.5, 0.6) is 0 Å². The SMILES string of the molecule is C[C@H](NC(=O)c1ccc(Br)s1)C(=O)NC(C)(C)C. The van der Waals surface area contributed by atoms with Gasteiger partial charge in [-0.15, -0.1) is 11.3 Å². The van der Waals surface area contributed by atoms with Crippen LogP contribution in [0, 0.1) is 0 Å². The molecule has 0 unspecified atom stereocenters. The Kier molecular flexibility index (Phi) is 4.92. The summed E-state index contributed by atoms with van der Waals surface area (Å²) in [6.07, 6.45) is 0. The summed E-state index contributed by atoms with van der Waals surface area (Å²) in [5.41, 5.74) is -0.304. The number of nitrogens with one attached hydrogen (secondary N) is 2. The number of hydrogen-bond donors (Lipinski definition) is 2. The highest BCUT2D eigenvalue weighted by molar-refractivity contribution is 9.11. The lowest BCUT2D eigenvalue weighted by atomic mass is 10.1. The van der Waals surface area contributed by atoms with Crippen molar-refractivity contribution in [1.29, 1.82) is 0 Å². The topological polar surface area (TPSA) is 58.2 Å². The fourth-order valence-electron chi connectivity index (χ4n) is 1.25. The van der Waals surface area contributed by atoms with E-state index < -0.39 is 6.04 Å². The van der Waals surface area contributed by atoms with Crippen LogP contribution in [0.4, 0.5) is 0 Å². The van der Waals surface area contributed by atoms with Crippen molar-refractivity contribution >= 4 is 39.1 Å². The Balaban J connectivity index is 2.57. The third-order valence-corrected chi connectivity index (χ3v) is 3.66. The quantitative estimate of drug-likeness (QED) is 0.893. The third kappa shape index (κ3) is 4.78. The van der Waals surface area contributed by atoms with Crippen LogP contribution < -0.4 is 10.6 Å². The number of carbonyl (C=O) groups excluding carboxylic acids is 2. The van der Waals surface area contributed by atoms with Crippen LogP contribution in [0.15, 0.2) is 15.9 Å². The van der Waals surface area contributed by atoms with Crippen LogP contribution >= 0.6 is 27.3 Å². The molecule has 1 rings (SSSR count). The number of rotatable bonds is 3. The summed E-state index contributed by atoms with van der Waals surface area (Å²) in [6, 6.07) is 2.97. The van der Waals surface area contributed by atoms with E-state index in [1.807, 2.05) is 20.8 Å². The monoisotopic (exact) mass is 332 g/mol. The van der Waals surface area contributed by atoms with Crippen molar-refractivity contribution in [2.45, 2.75) is 39.3 Å². The first kappa shape index (κ1) is 15.2. The van der Waals surface area contributed by atoms with E-state index in [0.29, 0.717) is 4.88 Å². The zero-order chi connectivity index (χ0) is 13.9. The lowest BCUT2D eigenvalue weighted by Gasteiger charge is -2.23. The molecule has 0 spiro atoms. The van der Waals surface area contributed by atoms with Gasteiger partial charge in [0.25, 0.3) is 5.91 Å². The predicted octanol–water partition coefficient (Wildman–Crippen LogP) is 2.54. The van der Waals surface area contributed by atoms with E-state index in [2.05, 4.69) is 26.6 Å². The Morgan fingerprint density at radius 1 is 1.33 bits per heavy atom. The molecule has 2 amide bonds. The Morgan fingerprint density at radius 3 is 2.39 bits per heavy atom. The first-order valence-corrected chi connectivity index (χ1v) is 7.18. The van der Waals surface area contributed by atoms with Crippen molar-refractivity contribution in [1.82, 2.24) is 10.6 Å². The van der Waals surface area contributed by atoms with Crippen LogP contribution in [0.1, 0.15) is 37.4 Å². The second-order valence-electron chi connectivity index (χ2n) is 5.04. The van der Waals surface area contributed by atoms with Gasteiger partial charge < -0.3 is 10.6 Å². The summed E-state index contributed by atoms with van der Waals surface area (Å²) in [6.45, 7) is 7.36. The van der Waals surface area contributed by atoms with Gasteiger partial charge in [0.1, 0.15) is 6.04 Å². The molecule has 0 aliphatic heterocycles. The molecule has 4 nitrogen and oxygen atoms in total. The van der Waals surface area contributed by atoms with Gasteiger partial charge in [0.15, 0.2) is 0 Å². The van der Waals surface area contributed by atoms with Gasteiger partial charge in [-0.2, -0.15) is 0 Å². The number of amides is 2. The van der Waals surface area contributed by atoms with Gasteiger partial charge in [-0.05, 0) is 55.8 Å². The Hall–Kier alpha value is -0.880. The first-order valence-electron chi connectivity index (χ1n) is 5.57. The lowest BCUT2D eigenvalue weighted by Crippen LogP contribution is -2.50. The second-order valence-corrected chi connectivity index (χ2v) is 7.50.